The van der Waals surface area contributed by atoms with Crippen molar-refractivity contribution in [3.63, 3.8) is 0 Å². The van der Waals surface area contributed by atoms with E-state index >= 15 is 0 Å². The van der Waals surface area contributed by atoms with Crippen LogP contribution in [0.4, 0.5) is 15.2 Å². The third-order valence-corrected chi connectivity index (χ3v) is 7.26. The SMILES string of the molecule is CC(OC(=O)C(C)SCC(=O)Nc1ccc(F)cc1)C(=O)N(c1nccs1)C1CCCCC1. The Morgan fingerprint density at radius 3 is 2.55 bits per heavy atom. The Hall–Kier alpha value is -2.46. The number of halogens is 1. The second kappa shape index (κ2) is 12.1. The van der Waals surface area contributed by atoms with Crippen LogP contribution in [0, 0.1) is 5.82 Å². The highest BCUT2D eigenvalue weighted by Gasteiger charge is 2.33. The van der Waals surface area contributed by atoms with E-state index in [1.807, 2.05) is 5.38 Å². The summed E-state index contributed by atoms with van der Waals surface area (Å²) in [6, 6.07) is 5.49. The highest BCUT2D eigenvalue weighted by molar-refractivity contribution is 8.01. The van der Waals surface area contributed by atoms with E-state index in [9.17, 15) is 18.8 Å². The molecule has 3 rings (SSSR count). The van der Waals surface area contributed by atoms with Crippen LogP contribution >= 0.6 is 23.1 Å². The molecule has 0 aliphatic heterocycles. The summed E-state index contributed by atoms with van der Waals surface area (Å²) in [6.07, 6.45) is 5.78. The molecule has 1 saturated carbocycles. The van der Waals surface area contributed by atoms with Gasteiger partial charge in [-0.15, -0.1) is 23.1 Å². The predicted molar refractivity (Wildman–Crippen MR) is 129 cm³/mol. The number of aromatic nitrogens is 1. The van der Waals surface area contributed by atoms with Crippen molar-refractivity contribution in [1.82, 2.24) is 4.98 Å². The molecular formula is C23H28FN3O4S2. The van der Waals surface area contributed by atoms with E-state index in [0.29, 0.717) is 10.8 Å². The minimum absolute atomic E-state index is 0.0171. The minimum Gasteiger partial charge on any atom is -0.452 e. The third kappa shape index (κ3) is 7.26. The average molecular weight is 494 g/mol. The zero-order chi connectivity index (χ0) is 23.8. The molecular weight excluding hydrogens is 465 g/mol. The first kappa shape index (κ1) is 25.2. The summed E-state index contributed by atoms with van der Waals surface area (Å²) < 4.78 is 18.4. The van der Waals surface area contributed by atoms with E-state index in [0.717, 1.165) is 43.9 Å². The van der Waals surface area contributed by atoms with Crippen LogP contribution in [0.1, 0.15) is 46.0 Å². The van der Waals surface area contributed by atoms with Crippen molar-refractivity contribution in [1.29, 1.82) is 0 Å². The molecule has 178 valence electrons. The second-order valence-corrected chi connectivity index (χ2v) is 10.1. The Morgan fingerprint density at radius 2 is 1.91 bits per heavy atom. The number of anilines is 2. The van der Waals surface area contributed by atoms with Crippen LogP contribution in [0.3, 0.4) is 0 Å². The molecule has 0 saturated heterocycles. The van der Waals surface area contributed by atoms with Gasteiger partial charge in [0.1, 0.15) is 11.1 Å². The van der Waals surface area contributed by atoms with Crippen molar-refractivity contribution in [2.24, 2.45) is 0 Å². The van der Waals surface area contributed by atoms with E-state index in [1.54, 1.807) is 24.9 Å². The molecule has 2 atom stereocenters. The number of esters is 1. The van der Waals surface area contributed by atoms with Gasteiger partial charge < -0.3 is 10.1 Å². The maximum atomic E-state index is 13.2. The highest BCUT2D eigenvalue weighted by Crippen LogP contribution is 2.30. The third-order valence-electron chi connectivity index (χ3n) is 5.37. The number of hydrogen-bond acceptors (Lipinski definition) is 7. The summed E-state index contributed by atoms with van der Waals surface area (Å²) in [5.74, 6) is -1.53. The molecule has 2 unspecified atom stereocenters. The number of benzene rings is 1. The highest BCUT2D eigenvalue weighted by atomic mass is 32.2. The van der Waals surface area contributed by atoms with Crippen molar-refractivity contribution >= 4 is 51.7 Å². The Labute approximate surface area is 201 Å². The van der Waals surface area contributed by atoms with Gasteiger partial charge in [-0.3, -0.25) is 19.3 Å². The lowest BCUT2D eigenvalue weighted by Gasteiger charge is -2.34. The molecule has 2 aromatic rings. The number of carbonyl (C=O) groups excluding carboxylic acids is 3. The number of amides is 2. The van der Waals surface area contributed by atoms with Gasteiger partial charge in [0, 0.05) is 23.3 Å². The number of carbonyl (C=O) groups is 3. The first-order valence-electron chi connectivity index (χ1n) is 10.9. The molecule has 0 bridgehead atoms. The van der Waals surface area contributed by atoms with Crippen molar-refractivity contribution in [3.8, 4) is 0 Å². The first-order valence-corrected chi connectivity index (χ1v) is 12.9. The normalized spacial score (nSPS) is 16.0. The monoisotopic (exact) mass is 493 g/mol. The van der Waals surface area contributed by atoms with Gasteiger partial charge in [-0.25, -0.2) is 9.37 Å². The van der Waals surface area contributed by atoms with Crippen molar-refractivity contribution < 1.29 is 23.5 Å². The van der Waals surface area contributed by atoms with E-state index in [1.165, 1.54) is 35.6 Å². The van der Waals surface area contributed by atoms with Crippen LogP contribution in [0.25, 0.3) is 0 Å². The fraction of sp³-hybridized carbons (Fsp3) is 0.478. The van der Waals surface area contributed by atoms with Gasteiger partial charge in [-0.1, -0.05) is 19.3 Å². The standard InChI is InChI=1S/C23H28FN3O4S2/c1-15(21(29)27(23-25-12-13-32-23)19-6-4-3-5-7-19)31-22(30)16(2)33-14-20(28)26-18-10-8-17(24)9-11-18/h8-13,15-16,19H,3-7,14H2,1-2H3,(H,26,28). The van der Waals surface area contributed by atoms with Gasteiger partial charge in [0.05, 0.1) is 5.75 Å². The molecule has 0 spiro atoms. The summed E-state index contributed by atoms with van der Waals surface area (Å²) >= 11 is 2.50. The topological polar surface area (TPSA) is 88.6 Å². The van der Waals surface area contributed by atoms with Crippen LogP contribution in [-0.2, 0) is 19.1 Å². The van der Waals surface area contributed by atoms with E-state index < -0.39 is 17.3 Å². The molecule has 1 heterocycles. The Balaban J connectivity index is 1.51. The molecule has 1 fully saturated rings. The second-order valence-electron chi connectivity index (χ2n) is 7.90. The molecule has 0 radical (unpaired) electrons. The summed E-state index contributed by atoms with van der Waals surface area (Å²) in [4.78, 5) is 43.9. The minimum atomic E-state index is -0.959. The molecule has 1 aromatic carbocycles. The van der Waals surface area contributed by atoms with Crippen molar-refractivity contribution in [2.75, 3.05) is 16.0 Å². The van der Waals surface area contributed by atoms with Crippen molar-refractivity contribution in [2.45, 2.75) is 63.3 Å². The van der Waals surface area contributed by atoms with Gasteiger partial charge in [-0.05, 0) is 51.0 Å². The Kier molecular flexibility index (Phi) is 9.25. The van der Waals surface area contributed by atoms with E-state index in [2.05, 4.69) is 10.3 Å². The van der Waals surface area contributed by atoms with Gasteiger partial charge in [0.25, 0.3) is 5.91 Å². The maximum Gasteiger partial charge on any atom is 0.319 e. The predicted octanol–water partition coefficient (Wildman–Crippen LogP) is 4.64. The fourth-order valence-electron chi connectivity index (χ4n) is 3.62. The largest absolute Gasteiger partial charge is 0.452 e. The fourth-order valence-corrected chi connectivity index (χ4v) is 5.00. The van der Waals surface area contributed by atoms with Gasteiger partial charge in [0.2, 0.25) is 5.91 Å². The molecule has 1 N–H and O–H groups in total. The van der Waals surface area contributed by atoms with Crippen LogP contribution in [-0.4, -0.2) is 45.9 Å². The Bertz CT molecular complexity index is 934. The smallest absolute Gasteiger partial charge is 0.319 e. The van der Waals surface area contributed by atoms with E-state index in [-0.39, 0.29) is 29.4 Å². The van der Waals surface area contributed by atoms with Gasteiger partial charge >= 0.3 is 5.97 Å². The zero-order valence-electron chi connectivity index (χ0n) is 18.7. The molecule has 7 nitrogen and oxygen atoms in total. The molecule has 33 heavy (non-hydrogen) atoms. The Morgan fingerprint density at radius 1 is 1.21 bits per heavy atom. The number of thioether (sulfide) groups is 1. The summed E-state index contributed by atoms with van der Waals surface area (Å²) in [5.41, 5.74) is 0.474. The van der Waals surface area contributed by atoms with Crippen molar-refractivity contribution in [3.05, 3.63) is 41.7 Å². The number of hydrogen-bond donors (Lipinski definition) is 1. The molecule has 1 aromatic heterocycles. The molecule has 1 aliphatic rings. The van der Waals surface area contributed by atoms with Crippen LogP contribution in [0.5, 0.6) is 0 Å². The van der Waals surface area contributed by atoms with Crippen LogP contribution < -0.4 is 10.2 Å². The first-order chi connectivity index (χ1) is 15.8. The lowest BCUT2D eigenvalue weighted by atomic mass is 9.94. The number of nitrogens with zero attached hydrogens (tertiary/aromatic N) is 2. The van der Waals surface area contributed by atoms with Gasteiger partial charge in [0.15, 0.2) is 11.2 Å². The molecule has 2 amide bonds. The van der Waals surface area contributed by atoms with Crippen LogP contribution in [0.2, 0.25) is 0 Å². The zero-order valence-corrected chi connectivity index (χ0v) is 20.3. The quantitative estimate of drug-likeness (QED) is 0.512. The summed E-state index contributed by atoms with van der Waals surface area (Å²) in [7, 11) is 0. The molecule has 10 heteroatoms. The number of rotatable bonds is 9. The summed E-state index contributed by atoms with van der Waals surface area (Å²) in [5, 5.41) is 4.45. The molecule has 1 aliphatic carbocycles. The van der Waals surface area contributed by atoms with Crippen LogP contribution in [0.15, 0.2) is 35.8 Å². The maximum absolute atomic E-state index is 13.2. The number of nitrogens with one attached hydrogen (secondary N) is 1. The number of ether oxygens (including phenoxy) is 1. The number of thiazole rings is 1. The average Bonchev–Trinajstić information content (AvgIpc) is 3.34. The lowest BCUT2D eigenvalue weighted by Crippen LogP contribution is -2.47. The van der Waals surface area contributed by atoms with E-state index in [4.69, 9.17) is 4.74 Å². The lowest BCUT2D eigenvalue weighted by molar-refractivity contribution is -0.153. The summed E-state index contributed by atoms with van der Waals surface area (Å²) in [6.45, 7) is 3.21. The van der Waals surface area contributed by atoms with Gasteiger partial charge in [-0.2, -0.15) is 0 Å².